The van der Waals surface area contributed by atoms with Crippen LogP contribution in [0.1, 0.15) is 19.3 Å². The maximum atomic E-state index is 13.1. The number of nitrogens with zero attached hydrogens (tertiary/aromatic N) is 2. The van der Waals surface area contributed by atoms with Crippen molar-refractivity contribution in [3.63, 3.8) is 0 Å². The number of piperidine rings is 1. The predicted octanol–water partition coefficient (Wildman–Crippen LogP) is 3.85. The fourth-order valence-corrected chi connectivity index (χ4v) is 6.64. The molecule has 2 saturated heterocycles. The Bertz CT molecular complexity index is 1010. The summed E-state index contributed by atoms with van der Waals surface area (Å²) in [6.45, 7) is 0.965. The number of thiophene rings is 1. The van der Waals surface area contributed by atoms with Crippen LogP contribution >= 0.6 is 11.3 Å². The van der Waals surface area contributed by atoms with E-state index in [1.54, 1.807) is 22.4 Å². The van der Waals surface area contributed by atoms with E-state index in [0.717, 1.165) is 11.3 Å². The first-order chi connectivity index (χ1) is 14.1. The molecule has 0 aliphatic carbocycles. The minimum Gasteiger partial charge on any atom is -0.406 e. The number of hydrogen-bond acceptors (Lipinski definition) is 5. The Balaban J connectivity index is 1.44. The van der Waals surface area contributed by atoms with Crippen LogP contribution in [-0.2, 0) is 14.8 Å². The molecule has 2 fully saturated rings. The lowest BCUT2D eigenvalue weighted by Gasteiger charge is -2.37. The summed E-state index contributed by atoms with van der Waals surface area (Å²) in [5, 5.41) is 1.71. The number of hydrogen-bond donors (Lipinski definition) is 0. The van der Waals surface area contributed by atoms with E-state index in [4.69, 9.17) is 0 Å². The van der Waals surface area contributed by atoms with Crippen LogP contribution in [0, 0.1) is 5.41 Å². The van der Waals surface area contributed by atoms with E-state index in [0.29, 0.717) is 35.7 Å². The molecule has 3 heterocycles. The summed E-state index contributed by atoms with van der Waals surface area (Å²) in [5.74, 6) is -0.458. The van der Waals surface area contributed by atoms with Crippen molar-refractivity contribution in [3.8, 4) is 5.75 Å². The molecule has 11 heteroatoms. The van der Waals surface area contributed by atoms with Gasteiger partial charge in [0.1, 0.15) is 9.96 Å². The number of carbonyl (C=O) groups is 1. The van der Waals surface area contributed by atoms with E-state index in [-0.39, 0.29) is 24.7 Å². The van der Waals surface area contributed by atoms with Crippen LogP contribution in [0.2, 0.25) is 0 Å². The normalized spacial score (nSPS) is 20.1. The molecule has 1 aromatic heterocycles. The third-order valence-electron chi connectivity index (χ3n) is 5.66. The Morgan fingerprint density at radius 2 is 1.63 bits per heavy atom. The summed E-state index contributed by atoms with van der Waals surface area (Å²) < 4.78 is 67.9. The second kappa shape index (κ2) is 7.54. The number of sulfonamides is 1. The highest BCUT2D eigenvalue weighted by atomic mass is 32.2. The second-order valence-corrected chi connectivity index (χ2v) is 10.5. The van der Waals surface area contributed by atoms with Crippen molar-refractivity contribution in [3.05, 3.63) is 41.8 Å². The van der Waals surface area contributed by atoms with Gasteiger partial charge in [0.25, 0.3) is 10.0 Å². The fraction of sp³-hybridized carbons (Fsp3) is 0.421. The molecule has 0 N–H and O–H groups in total. The average molecular weight is 460 g/mol. The van der Waals surface area contributed by atoms with Crippen molar-refractivity contribution in [2.24, 2.45) is 5.41 Å². The van der Waals surface area contributed by atoms with Gasteiger partial charge in [0, 0.05) is 25.3 Å². The molecule has 1 aromatic carbocycles. The second-order valence-electron chi connectivity index (χ2n) is 7.36. The van der Waals surface area contributed by atoms with Crippen molar-refractivity contribution in [2.45, 2.75) is 29.8 Å². The van der Waals surface area contributed by atoms with Gasteiger partial charge in [-0.1, -0.05) is 6.07 Å². The highest BCUT2D eigenvalue weighted by Gasteiger charge is 2.50. The molecule has 0 bridgehead atoms. The third-order valence-corrected chi connectivity index (χ3v) is 8.94. The summed E-state index contributed by atoms with van der Waals surface area (Å²) >= 11 is 1.16. The van der Waals surface area contributed by atoms with Crippen molar-refractivity contribution >= 4 is 33.0 Å². The number of ether oxygens (including phenoxy) is 1. The zero-order valence-corrected chi connectivity index (χ0v) is 17.4. The Kier molecular flexibility index (Phi) is 5.31. The smallest absolute Gasteiger partial charge is 0.406 e. The quantitative estimate of drug-likeness (QED) is 0.695. The first-order valence-corrected chi connectivity index (χ1v) is 11.6. The zero-order valence-electron chi connectivity index (χ0n) is 15.8. The van der Waals surface area contributed by atoms with E-state index in [9.17, 15) is 26.4 Å². The van der Waals surface area contributed by atoms with Crippen LogP contribution in [0.25, 0.3) is 0 Å². The number of alkyl halides is 3. The first kappa shape index (κ1) is 21.1. The molecule has 2 aromatic rings. The molecule has 162 valence electrons. The SMILES string of the molecule is O=C1N(c2ccc(OC(F)(F)F)cc2)CCC12CCN(S(=O)(=O)c1cccs1)CC2. The van der Waals surface area contributed by atoms with E-state index >= 15 is 0 Å². The van der Waals surface area contributed by atoms with Gasteiger partial charge in [0.15, 0.2) is 0 Å². The largest absolute Gasteiger partial charge is 0.573 e. The molecule has 6 nitrogen and oxygen atoms in total. The Hall–Kier alpha value is -2.11. The van der Waals surface area contributed by atoms with Gasteiger partial charge in [-0.25, -0.2) is 8.42 Å². The molecule has 0 atom stereocenters. The van der Waals surface area contributed by atoms with Crippen LogP contribution in [0.3, 0.4) is 0 Å². The third kappa shape index (κ3) is 3.93. The minimum atomic E-state index is -4.77. The molecule has 4 rings (SSSR count). The number of amides is 1. The molecule has 1 spiro atoms. The average Bonchev–Trinajstić information content (AvgIpc) is 3.33. The van der Waals surface area contributed by atoms with Crippen molar-refractivity contribution in [1.29, 1.82) is 0 Å². The van der Waals surface area contributed by atoms with Gasteiger partial charge in [-0.15, -0.1) is 24.5 Å². The Labute approximate surface area is 175 Å². The molecule has 0 radical (unpaired) electrons. The molecular formula is C19H19F3N2O4S2. The molecule has 30 heavy (non-hydrogen) atoms. The minimum absolute atomic E-state index is 0.111. The predicted molar refractivity (Wildman–Crippen MR) is 105 cm³/mol. The topological polar surface area (TPSA) is 66.9 Å². The van der Waals surface area contributed by atoms with Gasteiger partial charge >= 0.3 is 6.36 Å². The van der Waals surface area contributed by atoms with Crippen LogP contribution in [0.15, 0.2) is 46.0 Å². The van der Waals surface area contributed by atoms with Gasteiger partial charge < -0.3 is 9.64 Å². The number of anilines is 1. The summed E-state index contributed by atoms with van der Waals surface area (Å²) in [5.41, 5.74) is -0.136. The standard InChI is InChI=1S/C19H19F3N2O4S2/c20-19(21,22)28-15-5-3-14(4-6-15)24-12-9-18(17(24)25)7-10-23(11-8-18)30(26,27)16-2-1-13-29-16/h1-6,13H,7-12H2. The molecule has 0 saturated carbocycles. The monoisotopic (exact) mass is 460 g/mol. The van der Waals surface area contributed by atoms with Gasteiger partial charge in [0.05, 0.1) is 5.41 Å². The summed E-state index contributed by atoms with van der Waals surface area (Å²) in [6.07, 6.45) is -3.35. The van der Waals surface area contributed by atoms with Crippen molar-refractivity contribution in [2.75, 3.05) is 24.5 Å². The molecule has 0 unspecified atom stereocenters. The van der Waals surface area contributed by atoms with Gasteiger partial charge in [-0.05, 0) is 55.0 Å². The van der Waals surface area contributed by atoms with E-state index in [1.807, 2.05) is 0 Å². The number of halogens is 3. The van der Waals surface area contributed by atoms with Crippen molar-refractivity contribution in [1.82, 2.24) is 4.31 Å². The summed E-state index contributed by atoms with van der Waals surface area (Å²) in [6, 6.07) is 8.46. The number of carbonyl (C=O) groups excluding carboxylic acids is 1. The van der Waals surface area contributed by atoms with Crippen LogP contribution in [0.5, 0.6) is 5.75 Å². The summed E-state index contributed by atoms with van der Waals surface area (Å²) in [4.78, 5) is 14.7. The maximum Gasteiger partial charge on any atom is 0.573 e. The first-order valence-electron chi connectivity index (χ1n) is 9.32. The van der Waals surface area contributed by atoms with Gasteiger partial charge in [-0.3, -0.25) is 4.79 Å². The summed E-state index contributed by atoms with van der Waals surface area (Å²) in [7, 11) is -3.55. The fourth-order valence-electron chi connectivity index (χ4n) is 4.05. The Morgan fingerprint density at radius 1 is 1.00 bits per heavy atom. The van der Waals surface area contributed by atoms with Gasteiger partial charge in [0.2, 0.25) is 5.91 Å². The van der Waals surface area contributed by atoms with Crippen molar-refractivity contribution < 1.29 is 31.1 Å². The highest BCUT2D eigenvalue weighted by Crippen LogP contribution is 2.44. The Morgan fingerprint density at radius 3 is 2.20 bits per heavy atom. The lowest BCUT2D eigenvalue weighted by atomic mass is 9.77. The lowest BCUT2D eigenvalue weighted by molar-refractivity contribution is -0.274. The van der Waals surface area contributed by atoms with E-state index in [1.165, 1.54) is 28.6 Å². The molecule has 1 amide bonds. The highest BCUT2D eigenvalue weighted by molar-refractivity contribution is 7.91. The van der Waals surface area contributed by atoms with Crippen LogP contribution < -0.4 is 9.64 Å². The van der Waals surface area contributed by atoms with E-state index < -0.39 is 21.8 Å². The lowest BCUT2D eigenvalue weighted by Crippen LogP contribution is -2.46. The molecule has 2 aliphatic heterocycles. The molecule has 2 aliphatic rings. The number of benzene rings is 1. The zero-order chi connectivity index (χ0) is 21.6. The van der Waals surface area contributed by atoms with E-state index in [2.05, 4.69) is 4.74 Å². The number of rotatable bonds is 4. The van der Waals surface area contributed by atoms with Gasteiger partial charge in [-0.2, -0.15) is 4.31 Å². The van der Waals surface area contributed by atoms with Crippen LogP contribution in [0.4, 0.5) is 18.9 Å². The van der Waals surface area contributed by atoms with Crippen LogP contribution in [-0.4, -0.2) is 44.6 Å². The molecular weight excluding hydrogens is 441 g/mol. The maximum absolute atomic E-state index is 13.1.